The molecule has 2 rings (SSSR count). The van der Waals surface area contributed by atoms with Crippen molar-refractivity contribution >= 4 is 0 Å². The summed E-state index contributed by atoms with van der Waals surface area (Å²) >= 11 is 0. The molecule has 0 radical (unpaired) electrons. The van der Waals surface area contributed by atoms with Crippen molar-refractivity contribution in [2.45, 2.75) is 46.0 Å². The van der Waals surface area contributed by atoms with Gasteiger partial charge in [-0.15, -0.1) is 0 Å². The fraction of sp³-hybridized carbons (Fsp3) is 0.583. The van der Waals surface area contributed by atoms with Gasteiger partial charge in [0.2, 0.25) is 0 Å². The molecule has 14 heavy (non-hydrogen) atoms. The maximum absolute atomic E-state index is 11.9. The first-order chi connectivity index (χ1) is 6.74. The van der Waals surface area contributed by atoms with E-state index in [0.29, 0.717) is 0 Å². The highest BCUT2D eigenvalue weighted by atomic mass is 16.3. The zero-order chi connectivity index (χ0) is 10.1. The number of hydrogen-bond donors (Lipinski definition) is 0. The normalized spacial score (nSPS) is 15.3. The first-order valence-electron chi connectivity index (χ1n) is 5.38. The van der Waals surface area contributed by atoms with E-state index in [0.717, 1.165) is 54.8 Å². The lowest BCUT2D eigenvalue weighted by Crippen LogP contribution is -2.20. The monoisotopic (exact) mass is 192 g/mol. The molecule has 0 saturated heterocycles. The molecule has 0 bridgehead atoms. The fourth-order valence-electron chi connectivity index (χ4n) is 2.15. The van der Waals surface area contributed by atoms with E-state index in [-0.39, 0.29) is 5.43 Å². The van der Waals surface area contributed by atoms with Crippen LogP contribution in [0.15, 0.2) is 9.21 Å². The van der Waals surface area contributed by atoms with Gasteiger partial charge in [-0.2, -0.15) is 0 Å². The Morgan fingerprint density at radius 3 is 2.71 bits per heavy atom. The third kappa shape index (κ3) is 1.39. The van der Waals surface area contributed by atoms with Gasteiger partial charge in [0.1, 0.15) is 11.5 Å². The smallest absolute Gasteiger partial charge is 0.191 e. The minimum absolute atomic E-state index is 0.225. The van der Waals surface area contributed by atoms with Crippen LogP contribution in [0.4, 0.5) is 0 Å². The summed E-state index contributed by atoms with van der Waals surface area (Å²) in [5.74, 6) is 1.82. The second kappa shape index (κ2) is 3.60. The number of hydrogen-bond acceptors (Lipinski definition) is 2. The molecule has 0 amide bonds. The molecule has 1 aromatic heterocycles. The Balaban J connectivity index is 2.63. The first kappa shape index (κ1) is 9.50. The average Bonchev–Trinajstić information content (AvgIpc) is 2.23. The summed E-state index contributed by atoms with van der Waals surface area (Å²) < 4.78 is 5.76. The maximum Gasteiger partial charge on any atom is 0.191 e. The zero-order valence-electron chi connectivity index (χ0n) is 8.85. The van der Waals surface area contributed by atoms with Crippen LogP contribution in [0.3, 0.4) is 0 Å². The van der Waals surface area contributed by atoms with Crippen LogP contribution >= 0.6 is 0 Å². The molecular formula is C12H16O2. The quantitative estimate of drug-likeness (QED) is 0.684. The van der Waals surface area contributed by atoms with E-state index in [9.17, 15) is 4.79 Å². The van der Waals surface area contributed by atoms with Crippen molar-refractivity contribution in [1.82, 2.24) is 0 Å². The fourth-order valence-corrected chi connectivity index (χ4v) is 2.15. The summed E-state index contributed by atoms with van der Waals surface area (Å²) in [6, 6.07) is 0. The van der Waals surface area contributed by atoms with Crippen molar-refractivity contribution in [3.63, 3.8) is 0 Å². The Kier molecular flexibility index (Phi) is 2.44. The van der Waals surface area contributed by atoms with Gasteiger partial charge in [0, 0.05) is 24.0 Å². The van der Waals surface area contributed by atoms with Crippen LogP contribution in [0.25, 0.3) is 0 Å². The topological polar surface area (TPSA) is 30.2 Å². The van der Waals surface area contributed by atoms with Crippen molar-refractivity contribution in [1.29, 1.82) is 0 Å². The van der Waals surface area contributed by atoms with Gasteiger partial charge in [-0.3, -0.25) is 4.79 Å². The molecule has 0 unspecified atom stereocenters. The SMILES string of the molecule is CCc1oc2c(c(=O)c1C)CCCC2. The first-order valence-corrected chi connectivity index (χ1v) is 5.38. The molecule has 0 N–H and O–H groups in total. The van der Waals surface area contributed by atoms with E-state index in [1.165, 1.54) is 0 Å². The predicted molar refractivity (Wildman–Crippen MR) is 55.7 cm³/mol. The average molecular weight is 192 g/mol. The molecule has 0 saturated carbocycles. The molecule has 76 valence electrons. The van der Waals surface area contributed by atoms with Gasteiger partial charge in [0.05, 0.1) is 0 Å². The van der Waals surface area contributed by atoms with E-state index in [4.69, 9.17) is 4.42 Å². The maximum atomic E-state index is 11.9. The standard InChI is InChI=1S/C12H16O2/c1-3-10-8(2)12(13)9-6-4-5-7-11(9)14-10/h3-7H2,1-2H3. The van der Waals surface area contributed by atoms with Crippen LogP contribution in [0.5, 0.6) is 0 Å². The molecular weight excluding hydrogens is 176 g/mol. The molecule has 2 heteroatoms. The van der Waals surface area contributed by atoms with E-state index < -0.39 is 0 Å². The van der Waals surface area contributed by atoms with Crippen molar-refractivity contribution in [3.8, 4) is 0 Å². The summed E-state index contributed by atoms with van der Waals surface area (Å²) in [4.78, 5) is 11.9. The molecule has 0 atom stereocenters. The number of aryl methyl sites for hydroxylation is 2. The zero-order valence-corrected chi connectivity index (χ0v) is 8.85. The van der Waals surface area contributed by atoms with Crippen molar-refractivity contribution in [2.24, 2.45) is 0 Å². The molecule has 0 aliphatic heterocycles. The summed E-state index contributed by atoms with van der Waals surface area (Å²) in [5, 5.41) is 0. The van der Waals surface area contributed by atoms with Crippen LogP contribution in [0.2, 0.25) is 0 Å². The van der Waals surface area contributed by atoms with Gasteiger partial charge in [0.15, 0.2) is 5.43 Å². The van der Waals surface area contributed by atoms with E-state index in [2.05, 4.69) is 0 Å². The summed E-state index contributed by atoms with van der Waals surface area (Å²) in [7, 11) is 0. The Morgan fingerprint density at radius 1 is 1.29 bits per heavy atom. The van der Waals surface area contributed by atoms with E-state index in [1.807, 2.05) is 13.8 Å². The summed E-state index contributed by atoms with van der Waals surface area (Å²) in [6.07, 6.45) is 4.94. The molecule has 1 aromatic rings. The van der Waals surface area contributed by atoms with Crippen LogP contribution < -0.4 is 5.43 Å². The van der Waals surface area contributed by atoms with Gasteiger partial charge >= 0.3 is 0 Å². The molecule has 0 fully saturated rings. The largest absolute Gasteiger partial charge is 0.465 e. The second-order valence-corrected chi connectivity index (χ2v) is 3.94. The molecule has 0 spiro atoms. The van der Waals surface area contributed by atoms with E-state index in [1.54, 1.807) is 0 Å². The minimum Gasteiger partial charge on any atom is -0.465 e. The van der Waals surface area contributed by atoms with Crippen LogP contribution in [0.1, 0.15) is 42.4 Å². The summed E-state index contributed by atoms with van der Waals surface area (Å²) in [6.45, 7) is 3.90. The number of rotatable bonds is 1. The van der Waals surface area contributed by atoms with Gasteiger partial charge < -0.3 is 4.42 Å². The van der Waals surface area contributed by atoms with Crippen LogP contribution in [0, 0.1) is 6.92 Å². The Labute approximate surface area is 83.9 Å². The summed E-state index contributed by atoms with van der Waals surface area (Å²) in [5.41, 5.74) is 1.97. The van der Waals surface area contributed by atoms with E-state index >= 15 is 0 Å². The van der Waals surface area contributed by atoms with Crippen LogP contribution in [-0.4, -0.2) is 0 Å². The van der Waals surface area contributed by atoms with Gasteiger partial charge in [0.25, 0.3) is 0 Å². The molecule has 2 nitrogen and oxygen atoms in total. The van der Waals surface area contributed by atoms with Gasteiger partial charge in [-0.1, -0.05) is 6.92 Å². The lowest BCUT2D eigenvalue weighted by Gasteiger charge is -2.15. The van der Waals surface area contributed by atoms with Crippen molar-refractivity contribution in [2.75, 3.05) is 0 Å². The lowest BCUT2D eigenvalue weighted by atomic mass is 9.95. The molecule has 1 aliphatic carbocycles. The third-order valence-electron chi connectivity index (χ3n) is 3.02. The predicted octanol–water partition coefficient (Wildman–Crippen LogP) is 2.39. The number of fused-ring (bicyclic) bond motifs is 1. The Bertz CT molecular complexity index is 402. The van der Waals surface area contributed by atoms with Crippen molar-refractivity contribution < 1.29 is 4.42 Å². The second-order valence-electron chi connectivity index (χ2n) is 3.94. The molecule has 0 aromatic carbocycles. The lowest BCUT2D eigenvalue weighted by molar-refractivity contribution is 0.416. The van der Waals surface area contributed by atoms with Crippen LogP contribution in [-0.2, 0) is 19.3 Å². The van der Waals surface area contributed by atoms with Crippen molar-refractivity contribution in [3.05, 3.63) is 32.9 Å². The van der Waals surface area contributed by atoms with Gasteiger partial charge in [-0.05, 0) is 26.2 Å². The Hall–Kier alpha value is -1.05. The highest BCUT2D eigenvalue weighted by Gasteiger charge is 2.18. The third-order valence-corrected chi connectivity index (χ3v) is 3.02. The Morgan fingerprint density at radius 2 is 2.00 bits per heavy atom. The molecule has 1 heterocycles. The van der Waals surface area contributed by atoms with Gasteiger partial charge in [-0.25, -0.2) is 0 Å². The minimum atomic E-state index is 0.225. The highest BCUT2D eigenvalue weighted by Crippen LogP contribution is 2.21. The molecule has 1 aliphatic rings. The highest BCUT2D eigenvalue weighted by molar-refractivity contribution is 5.28.